The molecule has 2 fully saturated rings. The highest BCUT2D eigenvalue weighted by molar-refractivity contribution is 5.79. The smallest absolute Gasteiger partial charge is 0.323 e. The van der Waals surface area contributed by atoms with Gasteiger partial charge in [-0.3, -0.25) is 14.5 Å². The molecule has 0 bridgehead atoms. The first-order chi connectivity index (χ1) is 11.6. The third kappa shape index (κ3) is 3.70. The molecule has 6 nitrogen and oxygen atoms in total. The van der Waals surface area contributed by atoms with Gasteiger partial charge in [-0.25, -0.2) is 0 Å². The molecular weight excluding hydrogens is 308 g/mol. The van der Waals surface area contributed by atoms with E-state index in [2.05, 4.69) is 4.90 Å². The molecule has 2 aliphatic rings. The molecule has 0 spiro atoms. The number of hydrogen-bond donors (Lipinski definition) is 0. The van der Waals surface area contributed by atoms with E-state index in [1.54, 1.807) is 7.11 Å². The molecule has 0 unspecified atom stereocenters. The lowest BCUT2D eigenvalue weighted by molar-refractivity contribution is -0.145. The molecule has 1 amide bonds. The van der Waals surface area contributed by atoms with Crippen LogP contribution in [0.15, 0.2) is 24.3 Å². The summed E-state index contributed by atoms with van der Waals surface area (Å²) in [4.78, 5) is 28.3. The second-order valence-corrected chi connectivity index (χ2v) is 6.44. The molecule has 1 aromatic rings. The number of benzene rings is 1. The zero-order valence-electron chi connectivity index (χ0n) is 14.2. The number of methoxy groups -OCH3 is 1. The van der Waals surface area contributed by atoms with Crippen molar-refractivity contribution in [2.45, 2.75) is 31.9 Å². The maximum absolute atomic E-state index is 12.5. The highest BCUT2D eigenvalue weighted by atomic mass is 16.6. The molecular formula is C18H24N2O4. The molecule has 24 heavy (non-hydrogen) atoms. The second kappa shape index (κ2) is 7.21. The number of hydrogen-bond acceptors (Lipinski definition) is 5. The van der Waals surface area contributed by atoms with Gasteiger partial charge >= 0.3 is 5.97 Å². The van der Waals surface area contributed by atoms with Crippen LogP contribution in [0.1, 0.15) is 18.9 Å². The minimum atomic E-state index is -0.143. The molecule has 0 aromatic heterocycles. The average Bonchev–Trinajstić information content (AvgIpc) is 2.93. The number of piperazine rings is 1. The molecule has 0 saturated carbocycles. The van der Waals surface area contributed by atoms with Gasteiger partial charge in [-0.2, -0.15) is 0 Å². The Kier molecular flexibility index (Phi) is 5.04. The van der Waals surface area contributed by atoms with E-state index in [1.807, 2.05) is 36.1 Å². The van der Waals surface area contributed by atoms with Crippen LogP contribution in [0, 0.1) is 0 Å². The maximum atomic E-state index is 12.5. The quantitative estimate of drug-likeness (QED) is 0.773. The fourth-order valence-corrected chi connectivity index (χ4v) is 3.39. The standard InChI is InChI=1S/C18H24N2O4/c1-13-10-16(18(22)24-13)19-6-8-20(9-7-19)17(21)12-14-4-3-5-15(11-14)23-2/h3-5,11,13,16H,6-10,12H2,1-2H3/t13-,16+/m1/s1. The number of carbonyl (C=O) groups is 2. The van der Waals surface area contributed by atoms with Gasteiger partial charge in [-0.15, -0.1) is 0 Å². The van der Waals surface area contributed by atoms with Crippen LogP contribution in [-0.2, 0) is 20.7 Å². The van der Waals surface area contributed by atoms with Crippen molar-refractivity contribution in [2.75, 3.05) is 33.3 Å². The van der Waals surface area contributed by atoms with Crippen LogP contribution in [0.4, 0.5) is 0 Å². The van der Waals surface area contributed by atoms with Crippen molar-refractivity contribution in [2.24, 2.45) is 0 Å². The molecule has 0 N–H and O–H groups in total. The van der Waals surface area contributed by atoms with Crippen LogP contribution < -0.4 is 4.74 Å². The van der Waals surface area contributed by atoms with E-state index in [9.17, 15) is 9.59 Å². The normalized spacial score (nSPS) is 24.8. The third-order valence-electron chi connectivity index (χ3n) is 4.74. The highest BCUT2D eigenvalue weighted by Gasteiger charge is 2.38. The first-order valence-electron chi connectivity index (χ1n) is 8.42. The molecule has 0 aliphatic carbocycles. The number of ether oxygens (including phenoxy) is 2. The van der Waals surface area contributed by atoms with Gasteiger partial charge in [-0.05, 0) is 24.6 Å². The topological polar surface area (TPSA) is 59.1 Å². The molecule has 130 valence electrons. The zero-order valence-corrected chi connectivity index (χ0v) is 14.2. The predicted octanol–water partition coefficient (Wildman–Crippen LogP) is 1.09. The van der Waals surface area contributed by atoms with Crippen molar-refractivity contribution < 1.29 is 19.1 Å². The van der Waals surface area contributed by atoms with Gasteiger partial charge in [0.2, 0.25) is 5.91 Å². The van der Waals surface area contributed by atoms with Gasteiger partial charge in [0, 0.05) is 32.6 Å². The summed E-state index contributed by atoms with van der Waals surface area (Å²) in [7, 11) is 1.62. The van der Waals surface area contributed by atoms with Crippen molar-refractivity contribution >= 4 is 11.9 Å². The summed E-state index contributed by atoms with van der Waals surface area (Å²) >= 11 is 0. The van der Waals surface area contributed by atoms with Gasteiger partial charge in [0.25, 0.3) is 0 Å². The Bertz CT molecular complexity index is 611. The summed E-state index contributed by atoms with van der Waals surface area (Å²) in [6, 6.07) is 7.45. The third-order valence-corrected chi connectivity index (χ3v) is 4.74. The fraction of sp³-hybridized carbons (Fsp3) is 0.556. The van der Waals surface area contributed by atoms with E-state index in [0.717, 1.165) is 30.8 Å². The Morgan fingerprint density at radius 3 is 2.67 bits per heavy atom. The van der Waals surface area contributed by atoms with Crippen LogP contribution in [0.2, 0.25) is 0 Å². The number of rotatable bonds is 4. The summed E-state index contributed by atoms with van der Waals surface area (Å²) in [6.45, 7) is 4.67. The first-order valence-corrected chi connectivity index (χ1v) is 8.42. The minimum Gasteiger partial charge on any atom is -0.497 e. The number of cyclic esters (lactones) is 1. The van der Waals surface area contributed by atoms with Gasteiger partial charge in [-0.1, -0.05) is 12.1 Å². The minimum absolute atomic E-state index is 0.00442. The first kappa shape index (κ1) is 16.8. The average molecular weight is 332 g/mol. The summed E-state index contributed by atoms with van der Waals surface area (Å²) < 4.78 is 10.4. The van der Waals surface area contributed by atoms with Crippen molar-refractivity contribution in [1.82, 2.24) is 9.80 Å². The van der Waals surface area contributed by atoms with Crippen LogP contribution in [-0.4, -0.2) is 67.1 Å². The van der Waals surface area contributed by atoms with Crippen molar-refractivity contribution in [3.8, 4) is 5.75 Å². The second-order valence-electron chi connectivity index (χ2n) is 6.44. The number of nitrogens with zero attached hydrogens (tertiary/aromatic N) is 2. The Hall–Kier alpha value is -2.08. The van der Waals surface area contributed by atoms with Crippen molar-refractivity contribution in [3.63, 3.8) is 0 Å². The lowest BCUT2D eigenvalue weighted by atomic mass is 10.1. The molecule has 0 radical (unpaired) electrons. The summed E-state index contributed by atoms with van der Waals surface area (Å²) in [6.07, 6.45) is 1.12. The Morgan fingerprint density at radius 1 is 1.29 bits per heavy atom. The van der Waals surface area contributed by atoms with Gasteiger partial charge in [0.1, 0.15) is 17.9 Å². The Morgan fingerprint density at radius 2 is 2.04 bits per heavy atom. The predicted molar refractivity (Wildman–Crippen MR) is 88.8 cm³/mol. The van der Waals surface area contributed by atoms with E-state index in [0.29, 0.717) is 19.5 Å². The van der Waals surface area contributed by atoms with Crippen LogP contribution in [0.5, 0.6) is 5.75 Å². The molecule has 1 aromatic carbocycles. The van der Waals surface area contributed by atoms with E-state index in [1.165, 1.54) is 0 Å². The van der Waals surface area contributed by atoms with Gasteiger partial charge in [0.15, 0.2) is 0 Å². The van der Waals surface area contributed by atoms with E-state index in [4.69, 9.17) is 9.47 Å². The Balaban J connectivity index is 1.52. The van der Waals surface area contributed by atoms with Crippen LogP contribution in [0.25, 0.3) is 0 Å². The molecule has 2 heterocycles. The number of amides is 1. The van der Waals surface area contributed by atoms with Crippen LogP contribution in [0.3, 0.4) is 0 Å². The van der Waals surface area contributed by atoms with Gasteiger partial charge in [0.05, 0.1) is 13.5 Å². The SMILES string of the molecule is COc1cccc(CC(=O)N2CCN([C@H]3C[C@@H](C)OC3=O)CC2)c1. The van der Waals surface area contributed by atoms with Crippen molar-refractivity contribution in [3.05, 3.63) is 29.8 Å². The molecule has 2 saturated heterocycles. The summed E-state index contributed by atoms with van der Waals surface area (Å²) in [5.74, 6) is 0.753. The largest absolute Gasteiger partial charge is 0.497 e. The zero-order chi connectivity index (χ0) is 17.1. The lowest BCUT2D eigenvalue weighted by Crippen LogP contribution is -2.53. The van der Waals surface area contributed by atoms with E-state index >= 15 is 0 Å². The monoisotopic (exact) mass is 332 g/mol. The summed E-state index contributed by atoms with van der Waals surface area (Å²) in [5.41, 5.74) is 0.954. The van der Waals surface area contributed by atoms with E-state index < -0.39 is 0 Å². The Labute approximate surface area is 142 Å². The van der Waals surface area contributed by atoms with Gasteiger partial charge < -0.3 is 14.4 Å². The summed E-state index contributed by atoms with van der Waals surface area (Å²) in [5, 5.41) is 0. The number of esters is 1. The molecule has 2 atom stereocenters. The molecule has 2 aliphatic heterocycles. The van der Waals surface area contributed by atoms with E-state index in [-0.39, 0.29) is 24.0 Å². The molecule has 3 rings (SSSR count). The van der Waals surface area contributed by atoms with Crippen LogP contribution >= 0.6 is 0 Å². The van der Waals surface area contributed by atoms with Crippen molar-refractivity contribution in [1.29, 1.82) is 0 Å². The maximum Gasteiger partial charge on any atom is 0.323 e. The number of carbonyl (C=O) groups excluding carboxylic acids is 2. The lowest BCUT2D eigenvalue weighted by Gasteiger charge is -2.36. The fourth-order valence-electron chi connectivity index (χ4n) is 3.39. The molecule has 6 heteroatoms. The highest BCUT2D eigenvalue weighted by Crippen LogP contribution is 2.21.